The van der Waals surface area contributed by atoms with Crippen LogP contribution in [0.5, 0.6) is 0 Å². The van der Waals surface area contributed by atoms with E-state index >= 15 is 0 Å². The fraction of sp³-hybridized carbons (Fsp3) is 0.400. The van der Waals surface area contributed by atoms with Gasteiger partial charge in [0.25, 0.3) is 0 Å². The van der Waals surface area contributed by atoms with E-state index in [1.165, 1.54) is 6.92 Å². The average Bonchev–Trinajstić information content (AvgIpc) is 3.12. The lowest BCUT2D eigenvalue weighted by atomic mass is 9.98. The van der Waals surface area contributed by atoms with Gasteiger partial charge >= 0.3 is 12.1 Å². The summed E-state index contributed by atoms with van der Waals surface area (Å²) in [5, 5.41) is 23.7. The third-order valence-electron chi connectivity index (χ3n) is 5.89. The number of carboxylic acid groups (broad SMARTS) is 1. The first-order chi connectivity index (χ1) is 15.8. The third-order valence-corrected chi connectivity index (χ3v) is 5.89. The van der Waals surface area contributed by atoms with Crippen molar-refractivity contribution < 1.29 is 29.3 Å². The standard InChI is InChI=1S/C25H30N2O6/c1-3-8-16(23(29)27-22(15(2)28)24(30)31)13-26-25(32)33-14-21-19-11-6-4-9-17(19)18-10-5-7-12-20(18)21/h4-7,9-12,15-16,21-22,28H,3,8,13-14H2,1-2H3,(H,26,32)(H,27,29)(H,30,31)/t15-,16?,22+/m1/s1. The summed E-state index contributed by atoms with van der Waals surface area (Å²) in [5.74, 6) is -2.57. The van der Waals surface area contributed by atoms with Crippen LogP contribution in [0.25, 0.3) is 11.1 Å². The second-order valence-corrected chi connectivity index (χ2v) is 8.26. The normalized spacial score (nSPS) is 15.0. The number of nitrogens with one attached hydrogen (secondary N) is 2. The van der Waals surface area contributed by atoms with Crippen molar-refractivity contribution in [2.45, 2.75) is 44.8 Å². The molecule has 0 aliphatic heterocycles. The first-order valence-electron chi connectivity index (χ1n) is 11.1. The average molecular weight is 455 g/mol. The summed E-state index contributed by atoms with van der Waals surface area (Å²) in [7, 11) is 0. The second-order valence-electron chi connectivity index (χ2n) is 8.26. The lowest BCUT2D eigenvalue weighted by Gasteiger charge is -2.22. The van der Waals surface area contributed by atoms with Gasteiger partial charge in [-0.25, -0.2) is 9.59 Å². The van der Waals surface area contributed by atoms with E-state index in [-0.39, 0.29) is 19.1 Å². The van der Waals surface area contributed by atoms with Gasteiger partial charge in [-0.05, 0) is 35.6 Å². The molecule has 0 spiro atoms. The summed E-state index contributed by atoms with van der Waals surface area (Å²) in [6, 6.07) is 14.7. The van der Waals surface area contributed by atoms with Crippen molar-refractivity contribution in [2.75, 3.05) is 13.2 Å². The van der Waals surface area contributed by atoms with Crippen LogP contribution in [-0.4, -0.2) is 53.5 Å². The maximum Gasteiger partial charge on any atom is 0.407 e. The highest BCUT2D eigenvalue weighted by Crippen LogP contribution is 2.44. The summed E-state index contributed by atoms with van der Waals surface area (Å²) in [5.41, 5.74) is 4.47. The van der Waals surface area contributed by atoms with E-state index in [2.05, 4.69) is 22.8 Å². The highest BCUT2D eigenvalue weighted by molar-refractivity contribution is 5.86. The van der Waals surface area contributed by atoms with Crippen LogP contribution in [0.1, 0.15) is 43.7 Å². The van der Waals surface area contributed by atoms with Gasteiger partial charge in [-0.15, -0.1) is 0 Å². The lowest BCUT2D eigenvalue weighted by molar-refractivity contribution is -0.145. The Bertz CT molecular complexity index is 960. The molecule has 3 atom stereocenters. The number of benzene rings is 2. The second kappa shape index (κ2) is 11.0. The molecule has 1 unspecified atom stereocenters. The van der Waals surface area contributed by atoms with Gasteiger partial charge in [-0.3, -0.25) is 4.79 Å². The van der Waals surface area contributed by atoms with Crippen molar-refractivity contribution in [2.24, 2.45) is 5.92 Å². The molecule has 0 radical (unpaired) electrons. The van der Waals surface area contributed by atoms with E-state index in [9.17, 15) is 24.6 Å². The number of rotatable bonds is 10. The third kappa shape index (κ3) is 5.70. The number of hydrogen-bond acceptors (Lipinski definition) is 5. The summed E-state index contributed by atoms with van der Waals surface area (Å²) >= 11 is 0. The quantitative estimate of drug-likeness (QED) is 0.438. The number of aliphatic hydroxyl groups is 1. The van der Waals surface area contributed by atoms with E-state index < -0.39 is 36.0 Å². The van der Waals surface area contributed by atoms with Gasteiger partial charge in [0, 0.05) is 12.5 Å². The zero-order chi connectivity index (χ0) is 24.0. The molecule has 3 rings (SSSR count). The van der Waals surface area contributed by atoms with E-state index in [1.807, 2.05) is 43.3 Å². The van der Waals surface area contributed by atoms with Crippen LogP contribution in [0, 0.1) is 5.92 Å². The first-order valence-corrected chi connectivity index (χ1v) is 11.1. The van der Waals surface area contributed by atoms with Crippen LogP contribution in [-0.2, 0) is 14.3 Å². The summed E-state index contributed by atoms with van der Waals surface area (Å²) in [6.45, 7) is 3.34. The maximum atomic E-state index is 12.5. The molecule has 0 saturated heterocycles. The Labute approximate surface area is 193 Å². The Morgan fingerprint density at radius 1 is 1.03 bits per heavy atom. The molecule has 8 nitrogen and oxygen atoms in total. The van der Waals surface area contributed by atoms with Crippen LogP contribution in [0.3, 0.4) is 0 Å². The minimum Gasteiger partial charge on any atom is -0.480 e. The molecule has 2 amide bonds. The molecule has 2 aromatic rings. The largest absolute Gasteiger partial charge is 0.480 e. The highest BCUT2D eigenvalue weighted by atomic mass is 16.5. The molecule has 8 heteroatoms. The van der Waals surface area contributed by atoms with Crippen molar-refractivity contribution in [3.8, 4) is 11.1 Å². The molecule has 4 N–H and O–H groups in total. The van der Waals surface area contributed by atoms with Crippen molar-refractivity contribution in [1.29, 1.82) is 0 Å². The Kier molecular flexibility index (Phi) is 8.06. The van der Waals surface area contributed by atoms with Gasteiger partial charge in [-0.2, -0.15) is 0 Å². The molecule has 0 saturated carbocycles. The van der Waals surface area contributed by atoms with Gasteiger partial charge in [0.05, 0.1) is 12.0 Å². The number of carbonyl (C=O) groups excluding carboxylic acids is 2. The number of aliphatic hydroxyl groups excluding tert-OH is 1. The summed E-state index contributed by atoms with van der Waals surface area (Å²) in [6.07, 6.45) is -0.779. The summed E-state index contributed by atoms with van der Waals surface area (Å²) in [4.78, 5) is 36.2. The Hall–Kier alpha value is -3.39. The van der Waals surface area contributed by atoms with Crippen LogP contribution >= 0.6 is 0 Å². The van der Waals surface area contributed by atoms with Gasteiger partial charge in [-0.1, -0.05) is 61.9 Å². The molecule has 0 aromatic heterocycles. The van der Waals surface area contributed by atoms with Crippen LogP contribution in [0.2, 0.25) is 0 Å². The number of aliphatic carboxylic acids is 1. The zero-order valence-electron chi connectivity index (χ0n) is 18.8. The molecule has 1 aliphatic rings. The number of hydrogen-bond donors (Lipinski definition) is 4. The number of ether oxygens (including phenoxy) is 1. The molecular weight excluding hydrogens is 424 g/mol. The van der Waals surface area contributed by atoms with Gasteiger partial charge in [0.1, 0.15) is 6.61 Å². The molecule has 2 aromatic carbocycles. The topological polar surface area (TPSA) is 125 Å². The van der Waals surface area contributed by atoms with Crippen LogP contribution < -0.4 is 10.6 Å². The fourth-order valence-corrected chi connectivity index (χ4v) is 4.19. The number of carbonyl (C=O) groups is 3. The number of carboxylic acids is 1. The van der Waals surface area contributed by atoms with E-state index in [4.69, 9.17) is 4.74 Å². The molecule has 0 heterocycles. The number of amides is 2. The van der Waals surface area contributed by atoms with Gasteiger partial charge < -0.3 is 25.6 Å². The smallest absolute Gasteiger partial charge is 0.407 e. The Balaban J connectivity index is 1.58. The molecule has 33 heavy (non-hydrogen) atoms. The minimum atomic E-state index is -1.41. The van der Waals surface area contributed by atoms with E-state index in [0.29, 0.717) is 12.8 Å². The Morgan fingerprint density at radius 2 is 1.61 bits per heavy atom. The lowest BCUT2D eigenvalue weighted by Crippen LogP contribution is -2.51. The zero-order valence-corrected chi connectivity index (χ0v) is 18.8. The van der Waals surface area contributed by atoms with E-state index in [0.717, 1.165) is 22.3 Å². The molecule has 1 aliphatic carbocycles. The minimum absolute atomic E-state index is 0.00248. The molecule has 0 bridgehead atoms. The molecular formula is C25H30N2O6. The van der Waals surface area contributed by atoms with Crippen LogP contribution in [0.15, 0.2) is 48.5 Å². The SMILES string of the molecule is CCCC(CNC(=O)OCC1c2ccccc2-c2ccccc21)C(=O)N[C@H](C(=O)O)[C@@H](C)O. The van der Waals surface area contributed by atoms with Crippen molar-refractivity contribution in [3.05, 3.63) is 59.7 Å². The number of fused-ring (bicyclic) bond motifs is 3. The van der Waals surface area contributed by atoms with E-state index in [1.54, 1.807) is 0 Å². The monoisotopic (exact) mass is 454 g/mol. The Morgan fingerprint density at radius 3 is 2.12 bits per heavy atom. The maximum absolute atomic E-state index is 12.5. The molecule has 0 fully saturated rings. The molecule has 176 valence electrons. The van der Waals surface area contributed by atoms with Crippen LogP contribution in [0.4, 0.5) is 4.79 Å². The summed E-state index contributed by atoms with van der Waals surface area (Å²) < 4.78 is 5.49. The van der Waals surface area contributed by atoms with Crippen molar-refractivity contribution in [3.63, 3.8) is 0 Å². The van der Waals surface area contributed by atoms with Gasteiger partial charge in [0.2, 0.25) is 5.91 Å². The first kappa shape index (κ1) is 24.3. The van der Waals surface area contributed by atoms with Crippen molar-refractivity contribution >= 4 is 18.0 Å². The predicted octanol–water partition coefficient (Wildman–Crippen LogP) is 2.89. The fourth-order valence-electron chi connectivity index (χ4n) is 4.19. The predicted molar refractivity (Wildman–Crippen MR) is 123 cm³/mol. The van der Waals surface area contributed by atoms with Gasteiger partial charge in [0.15, 0.2) is 6.04 Å². The highest BCUT2D eigenvalue weighted by Gasteiger charge is 2.30. The number of alkyl carbamates (subject to hydrolysis) is 1. The van der Waals surface area contributed by atoms with Crippen molar-refractivity contribution in [1.82, 2.24) is 10.6 Å².